The van der Waals surface area contributed by atoms with Crippen molar-refractivity contribution in [2.24, 2.45) is 0 Å². The summed E-state index contributed by atoms with van der Waals surface area (Å²) < 4.78 is 0. The molecule has 1 atom stereocenters. The maximum absolute atomic E-state index is 2.57. The van der Waals surface area contributed by atoms with Crippen molar-refractivity contribution in [1.82, 2.24) is 0 Å². The lowest BCUT2D eigenvalue weighted by molar-refractivity contribution is 0.575. The molecule has 0 aliphatic carbocycles. The van der Waals surface area contributed by atoms with E-state index >= 15 is 0 Å². The summed E-state index contributed by atoms with van der Waals surface area (Å²) >= 11 is 0. The minimum absolute atomic E-state index is 0.127. The minimum atomic E-state index is 0.127. The number of allylic oxidation sites excluding steroid dienone is 1. The molecule has 0 amide bonds. The first-order valence-electron chi connectivity index (χ1n) is 11.1. The summed E-state index contributed by atoms with van der Waals surface area (Å²) in [6, 6.07) is 28.9. The van der Waals surface area contributed by atoms with Crippen molar-refractivity contribution in [2.75, 3.05) is 16.3 Å². The third-order valence-electron chi connectivity index (χ3n) is 6.14. The van der Waals surface area contributed by atoms with Crippen molar-refractivity contribution < 1.29 is 0 Å². The van der Waals surface area contributed by atoms with E-state index < -0.39 is 0 Å². The molecule has 1 aliphatic heterocycles. The molecule has 2 heteroatoms. The van der Waals surface area contributed by atoms with Gasteiger partial charge < -0.3 is 9.80 Å². The first kappa shape index (κ1) is 20.3. The van der Waals surface area contributed by atoms with Gasteiger partial charge in [0.2, 0.25) is 0 Å². The number of rotatable bonds is 5. The smallest absolute Gasteiger partial charge is 0.132 e. The van der Waals surface area contributed by atoms with Gasteiger partial charge in [-0.1, -0.05) is 79.6 Å². The van der Waals surface area contributed by atoms with Crippen LogP contribution >= 0.6 is 0 Å². The van der Waals surface area contributed by atoms with E-state index in [9.17, 15) is 0 Å². The Labute approximate surface area is 181 Å². The van der Waals surface area contributed by atoms with Crippen molar-refractivity contribution in [3.8, 4) is 0 Å². The van der Waals surface area contributed by atoms with Crippen LogP contribution in [-0.2, 0) is 0 Å². The fourth-order valence-corrected chi connectivity index (χ4v) is 4.50. The molecule has 3 aromatic carbocycles. The Hall–Kier alpha value is -3.00. The highest BCUT2D eigenvalue weighted by Crippen LogP contribution is 2.42. The summed E-state index contributed by atoms with van der Waals surface area (Å²) in [5.74, 6) is 0. The van der Waals surface area contributed by atoms with Crippen molar-refractivity contribution in [2.45, 2.75) is 46.7 Å². The van der Waals surface area contributed by atoms with Gasteiger partial charge >= 0.3 is 0 Å². The Balaban J connectivity index is 1.93. The standard InChI is InChI=1S/C28H32N2/c1-5-23-20-29(25-16-12-21(3)13-17-25)28(24-10-8-7-9-11-24)30(27(23)6-2)26-18-14-22(4)15-19-26/h7-19,28H,5-6,20H2,1-4H3. The highest BCUT2D eigenvalue weighted by atomic mass is 15.4. The van der Waals surface area contributed by atoms with Crippen LogP contribution in [0.25, 0.3) is 0 Å². The highest BCUT2D eigenvalue weighted by Gasteiger charge is 2.35. The molecule has 0 N–H and O–H groups in total. The maximum Gasteiger partial charge on any atom is 0.132 e. The fraction of sp³-hybridized carbons (Fsp3) is 0.286. The van der Waals surface area contributed by atoms with Crippen LogP contribution in [0, 0.1) is 13.8 Å². The van der Waals surface area contributed by atoms with Crippen molar-refractivity contribution in [1.29, 1.82) is 0 Å². The summed E-state index contributed by atoms with van der Waals surface area (Å²) in [7, 11) is 0. The Kier molecular flexibility index (Phi) is 5.94. The van der Waals surface area contributed by atoms with Gasteiger partial charge in [-0.2, -0.15) is 0 Å². The van der Waals surface area contributed by atoms with Gasteiger partial charge in [0.25, 0.3) is 0 Å². The van der Waals surface area contributed by atoms with Crippen LogP contribution in [0.5, 0.6) is 0 Å². The molecule has 30 heavy (non-hydrogen) atoms. The molecule has 154 valence electrons. The average molecular weight is 397 g/mol. The third-order valence-corrected chi connectivity index (χ3v) is 6.14. The van der Waals surface area contributed by atoms with Gasteiger partial charge in [0, 0.05) is 23.6 Å². The van der Waals surface area contributed by atoms with Gasteiger partial charge in [0.1, 0.15) is 6.17 Å². The van der Waals surface area contributed by atoms with E-state index in [-0.39, 0.29) is 6.17 Å². The first-order chi connectivity index (χ1) is 14.6. The van der Waals surface area contributed by atoms with Gasteiger partial charge in [0.05, 0.1) is 0 Å². The van der Waals surface area contributed by atoms with E-state index in [1.807, 2.05) is 0 Å². The maximum atomic E-state index is 2.57. The zero-order valence-electron chi connectivity index (χ0n) is 18.6. The quantitative estimate of drug-likeness (QED) is 0.443. The molecule has 0 spiro atoms. The molecule has 0 radical (unpaired) electrons. The molecule has 2 nitrogen and oxygen atoms in total. The topological polar surface area (TPSA) is 6.48 Å². The number of anilines is 2. The molecular weight excluding hydrogens is 364 g/mol. The molecule has 0 aromatic heterocycles. The van der Waals surface area contributed by atoms with Crippen molar-refractivity contribution >= 4 is 11.4 Å². The van der Waals surface area contributed by atoms with Gasteiger partial charge in [-0.15, -0.1) is 0 Å². The molecule has 0 fully saturated rings. The van der Waals surface area contributed by atoms with E-state index in [0.717, 1.165) is 19.4 Å². The second-order valence-corrected chi connectivity index (χ2v) is 8.21. The molecule has 4 rings (SSSR count). The Morgan fingerprint density at radius 1 is 0.700 bits per heavy atom. The zero-order chi connectivity index (χ0) is 21.1. The summed E-state index contributed by atoms with van der Waals surface area (Å²) in [5.41, 5.74) is 9.41. The zero-order valence-corrected chi connectivity index (χ0v) is 18.6. The second kappa shape index (κ2) is 8.79. The predicted molar refractivity (Wildman–Crippen MR) is 129 cm³/mol. The Morgan fingerprint density at radius 3 is 1.80 bits per heavy atom. The normalized spacial score (nSPS) is 16.9. The molecule has 1 unspecified atom stereocenters. The van der Waals surface area contributed by atoms with Crippen LogP contribution in [0.2, 0.25) is 0 Å². The van der Waals surface area contributed by atoms with Crippen LogP contribution < -0.4 is 9.80 Å². The van der Waals surface area contributed by atoms with E-state index in [1.54, 1.807) is 0 Å². The van der Waals surface area contributed by atoms with Crippen LogP contribution in [-0.4, -0.2) is 6.54 Å². The first-order valence-corrected chi connectivity index (χ1v) is 11.1. The molecule has 0 saturated carbocycles. The summed E-state index contributed by atoms with van der Waals surface area (Å²) in [5, 5.41) is 0. The lowest BCUT2D eigenvalue weighted by atomic mass is 9.97. The Bertz CT molecular complexity index is 1000. The number of aryl methyl sites for hydroxylation is 2. The number of nitrogens with zero attached hydrogens (tertiary/aromatic N) is 2. The molecule has 0 bridgehead atoms. The molecule has 3 aromatic rings. The highest BCUT2D eigenvalue weighted by molar-refractivity contribution is 5.64. The van der Waals surface area contributed by atoms with Gasteiger partial charge in [-0.05, 0) is 62.1 Å². The lowest BCUT2D eigenvalue weighted by Gasteiger charge is -2.48. The number of hydrogen-bond donors (Lipinski definition) is 0. The van der Waals surface area contributed by atoms with Gasteiger partial charge in [0.15, 0.2) is 0 Å². The minimum Gasteiger partial charge on any atom is -0.343 e. The molecule has 1 heterocycles. The van der Waals surface area contributed by atoms with Crippen LogP contribution in [0.1, 0.15) is 49.5 Å². The monoisotopic (exact) mass is 396 g/mol. The molecule has 1 aliphatic rings. The SMILES string of the molecule is CCC1=C(CC)N(c2ccc(C)cc2)C(c2ccccc2)N(c2ccc(C)cc2)C1. The second-order valence-electron chi connectivity index (χ2n) is 8.21. The van der Waals surface area contributed by atoms with Crippen LogP contribution in [0.3, 0.4) is 0 Å². The van der Waals surface area contributed by atoms with Crippen LogP contribution in [0.15, 0.2) is 90.1 Å². The van der Waals surface area contributed by atoms with E-state index in [1.165, 1.54) is 39.3 Å². The van der Waals surface area contributed by atoms with E-state index in [4.69, 9.17) is 0 Å². The predicted octanol–water partition coefficient (Wildman–Crippen LogP) is 7.40. The van der Waals surface area contributed by atoms with Crippen LogP contribution in [0.4, 0.5) is 11.4 Å². The van der Waals surface area contributed by atoms with Crippen molar-refractivity contribution in [3.05, 3.63) is 107 Å². The summed E-state index contributed by atoms with van der Waals surface area (Å²) in [6.45, 7) is 9.84. The molecular formula is C28H32N2. The largest absolute Gasteiger partial charge is 0.343 e. The number of benzene rings is 3. The van der Waals surface area contributed by atoms with Crippen molar-refractivity contribution in [3.63, 3.8) is 0 Å². The number of hydrogen-bond acceptors (Lipinski definition) is 2. The fourth-order valence-electron chi connectivity index (χ4n) is 4.50. The molecule has 0 saturated heterocycles. The summed E-state index contributed by atoms with van der Waals surface area (Å²) in [6.07, 6.45) is 2.22. The Morgan fingerprint density at radius 2 is 1.27 bits per heavy atom. The van der Waals surface area contributed by atoms with E-state index in [2.05, 4.69) is 116 Å². The van der Waals surface area contributed by atoms with E-state index in [0.29, 0.717) is 0 Å². The lowest BCUT2D eigenvalue weighted by Crippen LogP contribution is -2.47. The summed E-state index contributed by atoms with van der Waals surface area (Å²) in [4.78, 5) is 5.13. The average Bonchev–Trinajstić information content (AvgIpc) is 2.79. The van der Waals surface area contributed by atoms with Gasteiger partial charge in [-0.25, -0.2) is 0 Å². The van der Waals surface area contributed by atoms with Gasteiger partial charge in [-0.3, -0.25) is 0 Å². The third kappa shape index (κ3) is 3.87.